The van der Waals surface area contributed by atoms with E-state index >= 15 is 0 Å². The van der Waals surface area contributed by atoms with E-state index < -0.39 is 5.97 Å². The van der Waals surface area contributed by atoms with Crippen molar-refractivity contribution in [2.45, 2.75) is 0 Å². The van der Waals surface area contributed by atoms with Crippen molar-refractivity contribution < 1.29 is 9.53 Å². The van der Waals surface area contributed by atoms with Crippen molar-refractivity contribution in [2.24, 2.45) is 0 Å². The van der Waals surface area contributed by atoms with Gasteiger partial charge in [-0.3, -0.25) is 0 Å². The predicted octanol–water partition coefficient (Wildman–Crippen LogP) is 2.85. The van der Waals surface area contributed by atoms with Gasteiger partial charge in [-0.25, -0.2) is 9.78 Å². The molecule has 0 bridgehead atoms. The van der Waals surface area contributed by atoms with Gasteiger partial charge in [0.05, 0.1) is 29.2 Å². The van der Waals surface area contributed by atoms with Gasteiger partial charge in [-0.1, -0.05) is 0 Å². The molecule has 0 saturated carbocycles. The molecular formula is C13H10BrN3O2. The molecule has 0 aliphatic carbocycles. The van der Waals surface area contributed by atoms with Gasteiger partial charge < -0.3 is 15.5 Å². The van der Waals surface area contributed by atoms with E-state index in [4.69, 9.17) is 10.5 Å². The lowest BCUT2D eigenvalue weighted by Crippen LogP contribution is -2.02. The highest BCUT2D eigenvalue weighted by molar-refractivity contribution is 9.10. The number of methoxy groups -OCH3 is 1. The molecule has 0 aliphatic rings. The number of carbonyl (C=O) groups is 1. The van der Waals surface area contributed by atoms with Crippen LogP contribution in [0.5, 0.6) is 0 Å². The van der Waals surface area contributed by atoms with Crippen LogP contribution in [0.15, 0.2) is 28.9 Å². The molecule has 2 aromatic heterocycles. The molecule has 0 atom stereocenters. The van der Waals surface area contributed by atoms with Crippen LogP contribution in [-0.4, -0.2) is 23.0 Å². The number of carbonyl (C=O) groups excluding carboxylic acids is 1. The molecule has 0 unspecified atom stereocenters. The van der Waals surface area contributed by atoms with Gasteiger partial charge in [0.2, 0.25) is 0 Å². The van der Waals surface area contributed by atoms with Gasteiger partial charge in [-0.2, -0.15) is 0 Å². The Bertz CT molecular complexity index is 810. The van der Waals surface area contributed by atoms with E-state index in [2.05, 4.69) is 25.9 Å². The molecule has 6 heteroatoms. The Hall–Kier alpha value is -2.08. The summed E-state index contributed by atoms with van der Waals surface area (Å²) >= 11 is 3.31. The average molecular weight is 320 g/mol. The molecule has 5 nitrogen and oxygen atoms in total. The standard InChI is InChI=1S/C13H10BrN3O2/c1-19-13(18)8-5-10(14)17-11-7-3-2-6(15)4-9(7)16-12(8)11/h2-5,16H,15H2,1H3. The van der Waals surface area contributed by atoms with Crippen molar-refractivity contribution in [3.63, 3.8) is 0 Å². The summed E-state index contributed by atoms with van der Waals surface area (Å²) in [5, 5.41) is 0.913. The maximum atomic E-state index is 11.8. The Labute approximate surface area is 116 Å². The van der Waals surface area contributed by atoms with E-state index in [0.717, 1.165) is 10.9 Å². The van der Waals surface area contributed by atoms with Crippen molar-refractivity contribution in [2.75, 3.05) is 12.8 Å². The smallest absolute Gasteiger partial charge is 0.340 e. The minimum absolute atomic E-state index is 0.410. The third kappa shape index (κ3) is 1.84. The molecule has 0 fully saturated rings. The molecule has 0 aliphatic heterocycles. The number of nitrogens with two attached hydrogens (primary N) is 1. The lowest BCUT2D eigenvalue weighted by molar-refractivity contribution is 0.0602. The number of rotatable bonds is 1. The van der Waals surface area contributed by atoms with Gasteiger partial charge in [0.15, 0.2) is 0 Å². The number of aromatic nitrogens is 2. The van der Waals surface area contributed by atoms with Gasteiger partial charge in [-0.15, -0.1) is 0 Å². The fourth-order valence-electron chi connectivity index (χ4n) is 2.11. The van der Waals surface area contributed by atoms with Crippen molar-refractivity contribution in [3.05, 3.63) is 34.4 Å². The molecule has 3 rings (SSSR count). The number of nitrogen functional groups attached to an aromatic ring is 1. The Morgan fingerprint density at radius 2 is 2.21 bits per heavy atom. The second-order valence-electron chi connectivity index (χ2n) is 4.14. The first-order valence-corrected chi connectivity index (χ1v) is 6.35. The number of ether oxygens (including phenoxy) is 1. The zero-order chi connectivity index (χ0) is 13.6. The van der Waals surface area contributed by atoms with E-state index in [1.54, 1.807) is 12.1 Å². The quantitative estimate of drug-likeness (QED) is 0.410. The van der Waals surface area contributed by atoms with Crippen LogP contribution in [0.1, 0.15) is 10.4 Å². The van der Waals surface area contributed by atoms with Gasteiger partial charge >= 0.3 is 5.97 Å². The Balaban J connectivity index is 2.45. The summed E-state index contributed by atoms with van der Waals surface area (Å²) in [5.41, 5.74) is 9.05. The van der Waals surface area contributed by atoms with Crippen LogP contribution in [-0.2, 0) is 4.74 Å². The van der Waals surface area contributed by atoms with Crippen LogP contribution in [0.4, 0.5) is 5.69 Å². The molecule has 0 spiro atoms. The van der Waals surface area contributed by atoms with Gasteiger partial charge in [0.1, 0.15) is 4.60 Å². The summed E-state index contributed by atoms with van der Waals surface area (Å²) in [6.07, 6.45) is 0. The summed E-state index contributed by atoms with van der Waals surface area (Å²) < 4.78 is 5.37. The topological polar surface area (TPSA) is 81.0 Å². The number of aromatic amines is 1. The highest BCUT2D eigenvalue weighted by atomic mass is 79.9. The van der Waals surface area contributed by atoms with Crippen molar-refractivity contribution >= 4 is 49.5 Å². The Kier molecular flexibility index (Phi) is 2.67. The lowest BCUT2D eigenvalue weighted by atomic mass is 10.2. The molecule has 0 saturated heterocycles. The average Bonchev–Trinajstić information content (AvgIpc) is 2.74. The van der Waals surface area contributed by atoms with Crippen molar-refractivity contribution in [1.82, 2.24) is 9.97 Å². The first kappa shape index (κ1) is 12.0. The lowest BCUT2D eigenvalue weighted by Gasteiger charge is -2.01. The summed E-state index contributed by atoms with van der Waals surface area (Å²) in [5.74, 6) is -0.410. The number of hydrogen-bond acceptors (Lipinski definition) is 4. The number of benzene rings is 1. The van der Waals surface area contributed by atoms with Crippen LogP contribution < -0.4 is 5.73 Å². The van der Waals surface area contributed by atoms with E-state index in [9.17, 15) is 4.79 Å². The van der Waals surface area contributed by atoms with Crippen LogP contribution in [0, 0.1) is 0 Å². The SMILES string of the molecule is COC(=O)c1cc(Br)nc2c1[nH]c1cc(N)ccc12. The molecular weight excluding hydrogens is 310 g/mol. The van der Waals surface area contributed by atoms with E-state index in [-0.39, 0.29) is 0 Å². The van der Waals surface area contributed by atoms with E-state index in [1.165, 1.54) is 7.11 Å². The number of pyridine rings is 1. The number of hydrogen-bond donors (Lipinski definition) is 2. The predicted molar refractivity (Wildman–Crippen MR) is 77.1 cm³/mol. The Morgan fingerprint density at radius 1 is 1.42 bits per heavy atom. The van der Waals surface area contributed by atoms with E-state index in [1.807, 2.05) is 12.1 Å². The minimum Gasteiger partial charge on any atom is -0.465 e. The summed E-state index contributed by atoms with van der Waals surface area (Å²) in [7, 11) is 1.35. The molecule has 96 valence electrons. The van der Waals surface area contributed by atoms with Crippen molar-refractivity contribution in [3.8, 4) is 0 Å². The monoisotopic (exact) mass is 319 g/mol. The number of esters is 1. The minimum atomic E-state index is -0.410. The van der Waals surface area contributed by atoms with E-state index in [0.29, 0.717) is 26.9 Å². The Morgan fingerprint density at radius 3 is 2.95 bits per heavy atom. The molecule has 3 N–H and O–H groups in total. The third-order valence-corrected chi connectivity index (χ3v) is 3.36. The zero-order valence-corrected chi connectivity index (χ0v) is 11.6. The fraction of sp³-hybridized carbons (Fsp3) is 0.0769. The van der Waals surface area contributed by atoms with Crippen molar-refractivity contribution in [1.29, 1.82) is 0 Å². The second kappa shape index (κ2) is 4.24. The molecule has 0 radical (unpaired) electrons. The molecule has 0 amide bonds. The summed E-state index contributed by atoms with van der Waals surface area (Å²) in [6, 6.07) is 7.12. The van der Waals surface area contributed by atoms with Gasteiger partial charge in [0, 0.05) is 11.1 Å². The highest BCUT2D eigenvalue weighted by Gasteiger charge is 2.16. The number of anilines is 1. The third-order valence-electron chi connectivity index (χ3n) is 2.95. The molecule has 2 heterocycles. The second-order valence-corrected chi connectivity index (χ2v) is 4.95. The zero-order valence-electron chi connectivity index (χ0n) is 10.0. The largest absolute Gasteiger partial charge is 0.465 e. The number of nitrogens with zero attached hydrogens (tertiary/aromatic N) is 1. The van der Waals surface area contributed by atoms with Crippen LogP contribution >= 0.6 is 15.9 Å². The number of fused-ring (bicyclic) bond motifs is 3. The number of halogens is 1. The fourth-order valence-corrected chi connectivity index (χ4v) is 2.52. The maximum absolute atomic E-state index is 11.8. The number of nitrogens with one attached hydrogen (secondary N) is 1. The maximum Gasteiger partial charge on any atom is 0.340 e. The first-order valence-electron chi connectivity index (χ1n) is 5.56. The molecule has 1 aromatic carbocycles. The summed E-state index contributed by atoms with van der Waals surface area (Å²) in [6.45, 7) is 0. The highest BCUT2D eigenvalue weighted by Crippen LogP contribution is 2.29. The van der Waals surface area contributed by atoms with Gasteiger partial charge in [-0.05, 0) is 40.2 Å². The first-order chi connectivity index (χ1) is 9.10. The van der Waals surface area contributed by atoms with Gasteiger partial charge in [0.25, 0.3) is 0 Å². The normalized spacial score (nSPS) is 11.1. The van der Waals surface area contributed by atoms with Crippen LogP contribution in [0.2, 0.25) is 0 Å². The molecule has 19 heavy (non-hydrogen) atoms. The summed E-state index contributed by atoms with van der Waals surface area (Å²) in [4.78, 5) is 19.4. The van der Waals surface area contributed by atoms with Crippen LogP contribution in [0.3, 0.4) is 0 Å². The number of H-pyrrole nitrogens is 1. The van der Waals surface area contributed by atoms with Crippen LogP contribution in [0.25, 0.3) is 21.9 Å². The molecule has 3 aromatic rings.